The van der Waals surface area contributed by atoms with E-state index in [1.165, 1.54) is 49.6 Å². The van der Waals surface area contributed by atoms with Gasteiger partial charge in [0, 0.05) is 17.0 Å². The summed E-state index contributed by atoms with van der Waals surface area (Å²) in [4.78, 5) is 5.02. The van der Waals surface area contributed by atoms with Crippen LogP contribution in [0.15, 0.2) is 207 Å². The molecule has 0 bridgehead atoms. The maximum Gasteiger partial charge on any atom is 0.250 e. The van der Waals surface area contributed by atoms with Gasteiger partial charge in [-0.2, -0.15) is 4.57 Å². The standard InChI is InChI=1S/C52H41N4/c1-37(2)54-36-55(49-28-15-14-27-48(49)54)44-24-16-23-42(34-44)52(40-19-8-4-9-20-40,41-21-10-5-11-22-41)43-29-30-46-45-25-12-13-26-47(45)56(50(46)35-43)51-33-39(31-32-53-51)38-17-6-3-7-18-38/h3-37H,1-2H3/q+1. The number of benzene rings is 7. The minimum atomic E-state index is -0.662. The molecule has 0 saturated carbocycles. The number of nitrogens with zero attached hydrogens (tertiary/aromatic N) is 4. The first kappa shape index (κ1) is 33.5. The Hall–Kier alpha value is -7.04. The van der Waals surface area contributed by atoms with Gasteiger partial charge in [-0.15, -0.1) is 0 Å². The van der Waals surface area contributed by atoms with Crippen molar-refractivity contribution in [3.8, 4) is 22.6 Å². The number of aromatic nitrogens is 4. The highest BCUT2D eigenvalue weighted by atomic mass is 15.1. The quantitative estimate of drug-likeness (QED) is 0.113. The molecule has 10 rings (SSSR count). The molecule has 0 saturated heterocycles. The molecule has 7 aromatic carbocycles. The fourth-order valence-corrected chi connectivity index (χ4v) is 8.82. The van der Waals surface area contributed by atoms with E-state index in [9.17, 15) is 0 Å². The smallest absolute Gasteiger partial charge is 0.250 e. The van der Waals surface area contributed by atoms with E-state index >= 15 is 0 Å². The van der Waals surface area contributed by atoms with E-state index in [0.717, 1.165) is 28.1 Å². The summed E-state index contributed by atoms with van der Waals surface area (Å²) < 4.78 is 7.04. The van der Waals surface area contributed by atoms with Crippen LogP contribution < -0.4 is 4.57 Å². The van der Waals surface area contributed by atoms with Gasteiger partial charge in [0.15, 0.2) is 11.0 Å². The fraction of sp³-hybridized carbons (Fsp3) is 0.0769. The van der Waals surface area contributed by atoms with Crippen LogP contribution in [0.1, 0.15) is 42.1 Å². The molecule has 268 valence electrons. The van der Waals surface area contributed by atoms with E-state index in [2.05, 4.69) is 228 Å². The van der Waals surface area contributed by atoms with Gasteiger partial charge in [-0.1, -0.05) is 146 Å². The highest BCUT2D eigenvalue weighted by Gasteiger charge is 2.39. The highest BCUT2D eigenvalue weighted by molar-refractivity contribution is 6.09. The number of pyridine rings is 1. The van der Waals surface area contributed by atoms with Crippen molar-refractivity contribution in [2.75, 3.05) is 0 Å². The summed E-state index contributed by atoms with van der Waals surface area (Å²) in [5, 5.41) is 2.39. The molecule has 0 aliphatic rings. The van der Waals surface area contributed by atoms with Crippen molar-refractivity contribution in [2.24, 2.45) is 0 Å². The average molecular weight is 722 g/mol. The first-order chi connectivity index (χ1) is 27.6. The van der Waals surface area contributed by atoms with Crippen LogP contribution in [0.3, 0.4) is 0 Å². The molecule has 0 radical (unpaired) electrons. The van der Waals surface area contributed by atoms with Gasteiger partial charge in [0.25, 0.3) is 0 Å². The Morgan fingerprint density at radius 2 is 1.09 bits per heavy atom. The summed E-state index contributed by atoms with van der Waals surface area (Å²) in [5.74, 6) is 0.889. The first-order valence-electron chi connectivity index (χ1n) is 19.4. The number of imidazole rings is 1. The Morgan fingerprint density at radius 3 is 1.82 bits per heavy atom. The van der Waals surface area contributed by atoms with E-state index in [0.29, 0.717) is 6.04 Å². The van der Waals surface area contributed by atoms with Crippen LogP contribution in [0.5, 0.6) is 0 Å². The van der Waals surface area contributed by atoms with Crippen molar-refractivity contribution in [3.63, 3.8) is 0 Å². The van der Waals surface area contributed by atoms with Gasteiger partial charge in [0.1, 0.15) is 11.5 Å². The molecular weight excluding hydrogens is 681 g/mol. The van der Waals surface area contributed by atoms with Crippen molar-refractivity contribution in [1.29, 1.82) is 0 Å². The Bertz CT molecular complexity index is 2950. The van der Waals surface area contributed by atoms with Gasteiger partial charge >= 0.3 is 0 Å². The van der Waals surface area contributed by atoms with Gasteiger partial charge in [0.2, 0.25) is 6.33 Å². The van der Waals surface area contributed by atoms with Crippen molar-refractivity contribution < 1.29 is 4.57 Å². The SMILES string of the molecule is CC(C)[n+]1cn(-c2cccc(C(c3ccccc3)(c3ccccc3)c3ccc4c5ccccc5n(-c5cc(-c6ccccc6)ccn5)c4c3)c2)c2ccccc21. The van der Waals surface area contributed by atoms with Gasteiger partial charge < -0.3 is 0 Å². The molecule has 0 spiro atoms. The van der Waals surface area contributed by atoms with Gasteiger partial charge in [-0.3, -0.25) is 4.57 Å². The summed E-state index contributed by atoms with van der Waals surface area (Å²) in [6, 6.07) is 70.8. The molecule has 56 heavy (non-hydrogen) atoms. The fourth-order valence-electron chi connectivity index (χ4n) is 8.82. The first-order valence-corrected chi connectivity index (χ1v) is 19.4. The summed E-state index contributed by atoms with van der Waals surface area (Å²) in [6.45, 7) is 4.48. The molecule has 3 aromatic heterocycles. The maximum absolute atomic E-state index is 5.02. The molecule has 0 fully saturated rings. The van der Waals surface area contributed by atoms with Gasteiger partial charge in [0.05, 0.1) is 22.5 Å². The average Bonchev–Trinajstić information content (AvgIpc) is 3.82. The summed E-state index contributed by atoms with van der Waals surface area (Å²) in [7, 11) is 0. The monoisotopic (exact) mass is 721 g/mol. The summed E-state index contributed by atoms with van der Waals surface area (Å²) in [6.07, 6.45) is 4.18. The Labute approximate surface area is 327 Å². The molecular formula is C52H41N4+. The van der Waals surface area contributed by atoms with Crippen molar-refractivity contribution >= 4 is 32.8 Å². The number of para-hydroxylation sites is 3. The van der Waals surface area contributed by atoms with Crippen molar-refractivity contribution in [3.05, 3.63) is 229 Å². The second kappa shape index (κ2) is 13.7. The third-order valence-corrected chi connectivity index (χ3v) is 11.4. The molecule has 0 amide bonds. The van der Waals surface area contributed by atoms with Crippen LogP contribution in [-0.2, 0) is 5.41 Å². The topological polar surface area (TPSA) is 26.6 Å². The number of hydrogen-bond donors (Lipinski definition) is 0. The molecule has 4 nitrogen and oxygen atoms in total. The van der Waals surface area contributed by atoms with Gasteiger partial charge in [-0.25, -0.2) is 9.55 Å². The molecule has 0 atom stereocenters. The Balaban J connectivity index is 1.27. The third kappa shape index (κ3) is 5.37. The molecule has 0 aliphatic carbocycles. The van der Waals surface area contributed by atoms with Gasteiger partial charge in [-0.05, 0) is 95.8 Å². The van der Waals surface area contributed by atoms with Crippen LogP contribution in [-0.4, -0.2) is 14.1 Å². The number of hydrogen-bond acceptors (Lipinski definition) is 1. The van der Waals surface area contributed by atoms with E-state index in [1.54, 1.807) is 0 Å². The van der Waals surface area contributed by atoms with Crippen LogP contribution in [0, 0.1) is 0 Å². The van der Waals surface area contributed by atoms with Crippen molar-refractivity contribution in [2.45, 2.75) is 25.3 Å². The lowest BCUT2D eigenvalue weighted by Gasteiger charge is -2.37. The second-order valence-electron chi connectivity index (χ2n) is 14.9. The lowest BCUT2D eigenvalue weighted by atomic mass is 9.65. The van der Waals surface area contributed by atoms with Crippen LogP contribution in [0.2, 0.25) is 0 Å². The lowest BCUT2D eigenvalue weighted by Crippen LogP contribution is -2.34. The zero-order chi connectivity index (χ0) is 37.6. The molecule has 4 heteroatoms. The van der Waals surface area contributed by atoms with E-state index in [4.69, 9.17) is 4.98 Å². The number of rotatable bonds is 8. The summed E-state index contributed by atoms with van der Waals surface area (Å²) >= 11 is 0. The van der Waals surface area contributed by atoms with E-state index < -0.39 is 5.41 Å². The second-order valence-corrected chi connectivity index (χ2v) is 14.9. The molecule has 0 unspecified atom stereocenters. The molecule has 3 heterocycles. The van der Waals surface area contributed by atoms with E-state index in [1.807, 2.05) is 6.20 Å². The van der Waals surface area contributed by atoms with Crippen LogP contribution in [0.4, 0.5) is 0 Å². The largest absolute Gasteiger partial charge is 0.294 e. The lowest BCUT2D eigenvalue weighted by molar-refractivity contribution is -0.691. The van der Waals surface area contributed by atoms with E-state index in [-0.39, 0.29) is 0 Å². The third-order valence-electron chi connectivity index (χ3n) is 11.4. The van der Waals surface area contributed by atoms with Crippen molar-refractivity contribution in [1.82, 2.24) is 14.1 Å². The Morgan fingerprint density at radius 1 is 0.482 bits per heavy atom. The predicted molar refractivity (Wildman–Crippen MR) is 230 cm³/mol. The predicted octanol–water partition coefficient (Wildman–Crippen LogP) is 12.0. The minimum Gasteiger partial charge on any atom is -0.294 e. The van der Waals surface area contributed by atoms with Crippen LogP contribution in [0.25, 0.3) is 55.5 Å². The highest BCUT2D eigenvalue weighted by Crippen LogP contribution is 2.47. The zero-order valence-electron chi connectivity index (χ0n) is 31.5. The molecule has 0 aliphatic heterocycles. The molecule has 0 N–H and O–H groups in total. The maximum atomic E-state index is 5.02. The minimum absolute atomic E-state index is 0.318. The normalized spacial score (nSPS) is 11.9. The van der Waals surface area contributed by atoms with Crippen LogP contribution >= 0.6 is 0 Å². The Kier molecular flexibility index (Phi) is 8.18. The number of fused-ring (bicyclic) bond motifs is 4. The summed E-state index contributed by atoms with van der Waals surface area (Å²) in [5.41, 5.74) is 12.2. The zero-order valence-corrected chi connectivity index (χ0v) is 31.5. The molecule has 10 aromatic rings.